The number of carboxylic acids is 1. The van der Waals surface area contributed by atoms with Gasteiger partial charge < -0.3 is 5.11 Å². The quantitative estimate of drug-likeness (QED) is 0.925. The van der Waals surface area contributed by atoms with Crippen LogP contribution in [0.5, 0.6) is 0 Å². The number of rotatable bonds is 3. The second-order valence-electron chi connectivity index (χ2n) is 4.51. The minimum atomic E-state index is -0.917. The van der Waals surface area contributed by atoms with Crippen LogP contribution in [0.2, 0.25) is 0 Å². The van der Waals surface area contributed by atoms with Crippen molar-refractivity contribution in [2.24, 2.45) is 0 Å². The van der Waals surface area contributed by atoms with E-state index in [9.17, 15) is 9.18 Å². The first-order chi connectivity index (χ1) is 8.93. The molecule has 1 heterocycles. The molecule has 5 heteroatoms. The van der Waals surface area contributed by atoms with E-state index in [1.807, 2.05) is 0 Å². The lowest BCUT2D eigenvalue weighted by Crippen LogP contribution is -2.10. The molecule has 4 nitrogen and oxygen atoms in total. The van der Waals surface area contributed by atoms with Crippen LogP contribution in [0, 0.1) is 19.7 Å². The molecule has 1 unspecified atom stereocenters. The highest BCUT2D eigenvalue weighted by Crippen LogP contribution is 2.26. The predicted octanol–water partition coefficient (Wildman–Crippen LogP) is 2.82. The summed E-state index contributed by atoms with van der Waals surface area (Å²) in [7, 11) is 0. The first kappa shape index (κ1) is 13.3. The summed E-state index contributed by atoms with van der Waals surface area (Å²) in [4.78, 5) is 11.1. The second-order valence-corrected chi connectivity index (χ2v) is 4.51. The van der Waals surface area contributed by atoms with Gasteiger partial charge in [0.1, 0.15) is 11.5 Å². The molecule has 1 aromatic heterocycles. The van der Waals surface area contributed by atoms with E-state index >= 15 is 0 Å². The molecule has 0 aliphatic heterocycles. The van der Waals surface area contributed by atoms with Gasteiger partial charge in [0.05, 0.1) is 11.6 Å². The van der Waals surface area contributed by atoms with Crippen LogP contribution in [0.4, 0.5) is 4.39 Å². The molecule has 0 bridgehead atoms. The minimum Gasteiger partial charge on any atom is -0.481 e. The average Bonchev–Trinajstić information content (AvgIpc) is 2.64. The summed E-state index contributed by atoms with van der Waals surface area (Å²) in [6.45, 7) is 5.09. The topological polar surface area (TPSA) is 55.1 Å². The molecule has 1 atom stereocenters. The van der Waals surface area contributed by atoms with Gasteiger partial charge in [0.2, 0.25) is 0 Å². The Bertz CT molecular complexity index is 634. The Balaban J connectivity index is 2.60. The van der Waals surface area contributed by atoms with Crippen LogP contribution < -0.4 is 0 Å². The number of carboxylic acid groups (broad SMARTS) is 1. The summed E-state index contributed by atoms with van der Waals surface area (Å²) in [5.74, 6) is -1.97. The maximum atomic E-state index is 13.8. The molecule has 0 spiro atoms. The zero-order chi connectivity index (χ0) is 14.2. The molecule has 2 rings (SSSR count). The van der Waals surface area contributed by atoms with Crippen molar-refractivity contribution in [2.45, 2.75) is 26.7 Å². The van der Waals surface area contributed by atoms with Crippen LogP contribution in [0.15, 0.2) is 24.3 Å². The second kappa shape index (κ2) is 4.84. The van der Waals surface area contributed by atoms with E-state index in [1.54, 1.807) is 39.0 Å². The number of benzene rings is 1. The molecule has 1 aromatic carbocycles. The van der Waals surface area contributed by atoms with Gasteiger partial charge in [0.25, 0.3) is 0 Å². The van der Waals surface area contributed by atoms with E-state index in [2.05, 4.69) is 5.10 Å². The number of aliphatic carboxylic acids is 1. The largest absolute Gasteiger partial charge is 0.481 e. The van der Waals surface area contributed by atoms with E-state index in [0.29, 0.717) is 22.6 Å². The van der Waals surface area contributed by atoms with Crippen LogP contribution in [0.3, 0.4) is 0 Å². The van der Waals surface area contributed by atoms with Crippen molar-refractivity contribution in [3.05, 3.63) is 47.0 Å². The van der Waals surface area contributed by atoms with Gasteiger partial charge in [-0.15, -0.1) is 0 Å². The monoisotopic (exact) mass is 262 g/mol. The number of hydrogen-bond acceptors (Lipinski definition) is 2. The van der Waals surface area contributed by atoms with E-state index in [4.69, 9.17) is 5.11 Å². The van der Waals surface area contributed by atoms with Crippen molar-refractivity contribution in [1.82, 2.24) is 9.78 Å². The SMILES string of the molecule is Cc1nn(-c2ccccc2F)c(C)c1C(C)C(=O)O. The maximum absolute atomic E-state index is 13.8. The normalized spacial score (nSPS) is 12.4. The Morgan fingerprint density at radius 3 is 2.58 bits per heavy atom. The summed E-state index contributed by atoms with van der Waals surface area (Å²) in [5.41, 5.74) is 2.22. The molecule has 2 aromatic rings. The van der Waals surface area contributed by atoms with E-state index in [-0.39, 0.29) is 5.82 Å². The lowest BCUT2D eigenvalue weighted by atomic mass is 9.99. The average molecular weight is 262 g/mol. The third-order valence-corrected chi connectivity index (χ3v) is 3.23. The first-order valence-electron chi connectivity index (χ1n) is 5.97. The van der Waals surface area contributed by atoms with Crippen LogP contribution in [0.25, 0.3) is 5.69 Å². The van der Waals surface area contributed by atoms with Gasteiger partial charge >= 0.3 is 5.97 Å². The van der Waals surface area contributed by atoms with Crippen LogP contribution in [-0.4, -0.2) is 20.9 Å². The number of nitrogens with zero attached hydrogens (tertiary/aromatic N) is 2. The highest BCUT2D eigenvalue weighted by molar-refractivity contribution is 5.76. The van der Waals surface area contributed by atoms with E-state index < -0.39 is 11.9 Å². The standard InChI is InChI=1S/C14H15FN2O2/c1-8(14(18)19)13-9(2)16-17(10(13)3)12-7-5-4-6-11(12)15/h4-8H,1-3H3,(H,18,19). The molecule has 0 amide bonds. The lowest BCUT2D eigenvalue weighted by Gasteiger charge is -2.08. The first-order valence-corrected chi connectivity index (χ1v) is 5.97. The molecule has 0 radical (unpaired) electrons. The van der Waals surface area contributed by atoms with Gasteiger partial charge in [-0.2, -0.15) is 5.10 Å². The fourth-order valence-electron chi connectivity index (χ4n) is 2.26. The number of halogens is 1. The van der Waals surface area contributed by atoms with Crippen molar-refractivity contribution in [3.8, 4) is 5.69 Å². The maximum Gasteiger partial charge on any atom is 0.310 e. The highest BCUT2D eigenvalue weighted by Gasteiger charge is 2.23. The van der Waals surface area contributed by atoms with Gasteiger partial charge in [-0.25, -0.2) is 9.07 Å². The van der Waals surface area contributed by atoms with Crippen molar-refractivity contribution in [1.29, 1.82) is 0 Å². The molecular formula is C14H15FN2O2. The summed E-state index contributed by atoms with van der Waals surface area (Å²) in [5, 5.41) is 13.4. The third-order valence-electron chi connectivity index (χ3n) is 3.23. The predicted molar refractivity (Wildman–Crippen MR) is 69.0 cm³/mol. The number of hydrogen-bond donors (Lipinski definition) is 1. The Labute approximate surface area is 110 Å². The Kier molecular flexibility index (Phi) is 3.38. The van der Waals surface area contributed by atoms with E-state index in [0.717, 1.165) is 0 Å². The van der Waals surface area contributed by atoms with Crippen molar-refractivity contribution in [2.75, 3.05) is 0 Å². The lowest BCUT2D eigenvalue weighted by molar-refractivity contribution is -0.138. The van der Waals surface area contributed by atoms with Gasteiger partial charge in [0, 0.05) is 11.3 Å². The van der Waals surface area contributed by atoms with Crippen LogP contribution in [0.1, 0.15) is 29.8 Å². The molecule has 0 aliphatic rings. The summed E-state index contributed by atoms with van der Waals surface area (Å²) in [6.07, 6.45) is 0. The molecule has 1 N–H and O–H groups in total. The fourth-order valence-corrected chi connectivity index (χ4v) is 2.26. The van der Waals surface area contributed by atoms with Gasteiger partial charge in [-0.3, -0.25) is 4.79 Å². The molecule has 0 aliphatic carbocycles. The summed E-state index contributed by atoms with van der Waals surface area (Å²) in [6, 6.07) is 6.29. The number of carbonyl (C=O) groups is 1. The summed E-state index contributed by atoms with van der Waals surface area (Å²) >= 11 is 0. The molecule has 0 fully saturated rings. The van der Waals surface area contributed by atoms with Gasteiger partial charge in [0.15, 0.2) is 0 Å². The Hall–Kier alpha value is -2.17. The number of aromatic nitrogens is 2. The zero-order valence-electron chi connectivity index (χ0n) is 11.0. The third kappa shape index (κ3) is 2.23. The Morgan fingerprint density at radius 2 is 2.00 bits per heavy atom. The zero-order valence-corrected chi connectivity index (χ0v) is 11.0. The number of aryl methyl sites for hydroxylation is 1. The van der Waals surface area contributed by atoms with Crippen molar-refractivity contribution in [3.63, 3.8) is 0 Å². The number of para-hydroxylation sites is 1. The van der Waals surface area contributed by atoms with Gasteiger partial charge in [-0.05, 0) is 32.9 Å². The van der Waals surface area contributed by atoms with Crippen LogP contribution >= 0.6 is 0 Å². The fraction of sp³-hybridized carbons (Fsp3) is 0.286. The smallest absolute Gasteiger partial charge is 0.310 e. The van der Waals surface area contributed by atoms with Crippen molar-refractivity contribution >= 4 is 5.97 Å². The molecule has 19 heavy (non-hydrogen) atoms. The minimum absolute atomic E-state index is 0.326. The van der Waals surface area contributed by atoms with E-state index in [1.165, 1.54) is 10.7 Å². The Morgan fingerprint density at radius 1 is 1.37 bits per heavy atom. The van der Waals surface area contributed by atoms with Crippen molar-refractivity contribution < 1.29 is 14.3 Å². The van der Waals surface area contributed by atoms with Gasteiger partial charge in [-0.1, -0.05) is 12.1 Å². The molecule has 0 saturated carbocycles. The molecule has 0 saturated heterocycles. The van der Waals surface area contributed by atoms with Crippen LogP contribution in [-0.2, 0) is 4.79 Å². The highest BCUT2D eigenvalue weighted by atomic mass is 19.1. The molecular weight excluding hydrogens is 247 g/mol. The molecule has 100 valence electrons. The summed E-state index contributed by atoms with van der Waals surface area (Å²) < 4.78 is 15.2.